The molecule has 0 radical (unpaired) electrons. The van der Waals surface area contributed by atoms with Crippen LogP contribution in [0.4, 0.5) is 9.59 Å². The van der Waals surface area contributed by atoms with Crippen LogP contribution in [0.3, 0.4) is 0 Å². The van der Waals surface area contributed by atoms with E-state index in [0.29, 0.717) is 26.2 Å². The molecule has 5 heterocycles. The molecule has 56 heavy (non-hydrogen) atoms. The molecule has 5 aliphatic heterocycles. The Morgan fingerprint density at radius 3 is 1.71 bits per heavy atom. The molecule has 15 nitrogen and oxygen atoms in total. The van der Waals surface area contributed by atoms with Gasteiger partial charge in [-0.3, -0.25) is 19.6 Å². The van der Waals surface area contributed by atoms with Crippen LogP contribution in [0.1, 0.15) is 87.7 Å². The number of rotatable bonds is 10. The van der Waals surface area contributed by atoms with Crippen molar-refractivity contribution in [3.63, 3.8) is 0 Å². The number of amides is 4. The van der Waals surface area contributed by atoms with E-state index in [4.69, 9.17) is 24.2 Å². The van der Waals surface area contributed by atoms with Crippen molar-refractivity contribution in [2.24, 2.45) is 21.8 Å². The highest BCUT2D eigenvalue weighted by atomic mass is 16.5. The van der Waals surface area contributed by atoms with E-state index < -0.39 is 24.3 Å². The summed E-state index contributed by atoms with van der Waals surface area (Å²) in [6, 6.07) is 10.8. The van der Waals surface area contributed by atoms with Gasteiger partial charge in [0, 0.05) is 19.5 Å². The highest BCUT2D eigenvalue weighted by Crippen LogP contribution is 2.40. The van der Waals surface area contributed by atoms with Crippen molar-refractivity contribution in [1.82, 2.24) is 31.1 Å². The Morgan fingerprint density at radius 1 is 0.714 bits per heavy atom. The third-order valence-electron chi connectivity index (χ3n) is 11.6. The standard InChI is InChI=1S/C41H54N8O7/c1-22(2)34(46-40(52)54-5)38(50)48-15-7-9-30(48)36-42-20-28(44-36)24-13-14-32-27(17-24)18-26-12-11-25(19-33(26)56-32)29-21-43-37(45-29)31-10-8-16-49(31)39(51)35(23(3)4)47-41(53)55-6/h11-14,17,19,22-23,28-31,34-35H,7-10,15-16,18,20-21H2,1-6H3,(H,42,44)(H,43,45)(H,46,52)(H,47,53)/t28?,29?,30-,31-,34-,35-/m0/s1. The van der Waals surface area contributed by atoms with E-state index in [1.807, 2.05) is 43.6 Å². The number of benzene rings is 2. The maximum Gasteiger partial charge on any atom is 0.407 e. The summed E-state index contributed by atoms with van der Waals surface area (Å²) in [4.78, 5) is 64.6. The van der Waals surface area contributed by atoms with Crippen molar-refractivity contribution in [2.75, 3.05) is 40.4 Å². The third-order valence-corrected chi connectivity index (χ3v) is 11.6. The van der Waals surface area contributed by atoms with Crippen LogP contribution in [0.5, 0.6) is 11.5 Å². The van der Waals surface area contributed by atoms with E-state index in [0.717, 1.165) is 77.5 Å². The number of methoxy groups -OCH3 is 2. The minimum Gasteiger partial charge on any atom is -0.457 e. The van der Waals surface area contributed by atoms with Crippen molar-refractivity contribution < 1.29 is 33.4 Å². The summed E-state index contributed by atoms with van der Waals surface area (Å²) in [5.74, 6) is 2.80. The predicted molar refractivity (Wildman–Crippen MR) is 210 cm³/mol. The van der Waals surface area contributed by atoms with Crippen molar-refractivity contribution in [2.45, 2.75) is 96.1 Å². The van der Waals surface area contributed by atoms with Crippen molar-refractivity contribution >= 4 is 35.7 Å². The van der Waals surface area contributed by atoms with Gasteiger partial charge in [0.15, 0.2) is 0 Å². The molecule has 300 valence electrons. The van der Waals surface area contributed by atoms with E-state index in [1.54, 1.807) is 0 Å². The molecule has 2 saturated heterocycles. The lowest BCUT2D eigenvalue weighted by molar-refractivity contribution is -0.135. The van der Waals surface area contributed by atoms with Gasteiger partial charge in [0.2, 0.25) is 11.8 Å². The van der Waals surface area contributed by atoms with Gasteiger partial charge < -0.3 is 45.3 Å². The number of ether oxygens (including phenoxy) is 3. The Balaban J connectivity index is 0.967. The first-order valence-corrected chi connectivity index (χ1v) is 19.8. The highest BCUT2D eigenvalue weighted by Gasteiger charge is 2.41. The maximum absolute atomic E-state index is 13.6. The van der Waals surface area contributed by atoms with Crippen LogP contribution >= 0.6 is 0 Å². The number of aliphatic imine (C=N–C) groups is 2. The van der Waals surface area contributed by atoms with Crippen molar-refractivity contribution in [1.29, 1.82) is 0 Å². The molecule has 0 saturated carbocycles. The van der Waals surface area contributed by atoms with Crippen molar-refractivity contribution in [3.8, 4) is 11.5 Å². The number of nitrogens with zero attached hydrogens (tertiary/aromatic N) is 4. The number of alkyl carbamates (subject to hydrolysis) is 2. The zero-order valence-corrected chi connectivity index (χ0v) is 33.1. The van der Waals surface area contributed by atoms with Gasteiger partial charge in [0.1, 0.15) is 35.3 Å². The molecule has 4 N–H and O–H groups in total. The summed E-state index contributed by atoms with van der Waals surface area (Å²) in [6.45, 7) is 9.97. The largest absolute Gasteiger partial charge is 0.457 e. The molecule has 0 aromatic heterocycles. The molecule has 5 aliphatic rings. The second-order valence-corrected chi connectivity index (χ2v) is 16.0. The topological polar surface area (TPSA) is 175 Å². The molecule has 0 spiro atoms. The molecule has 6 atom stereocenters. The fourth-order valence-corrected chi connectivity index (χ4v) is 8.49. The zero-order valence-electron chi connectivity index (χ0n) is 33.1. The first kappa shape index (κ1) is 38.9. The van der Waals surface area contributed by atoms with Crippen LogP contribution < -0.4 is 26.0 Å². The average Bonchev–Trinajstić information content (AvgIpc) is 4.03. The quantitative estimate of drug-likeness (QED) is 0.236. The SMILES string of the molecule is COC(=O)N[C@H](C(=O)N1CCC[C@H]1C1=NCC(c2ccc3c(c2)Cc2ccc(C4CN=C([C@@H]5CCCN5C(=O)[C@@H](NC(=O)OC)C(C)C)N4)cc2O3)N1)C(C)C. The Labute approximate surface area is 328 Å². The van der Waals surface area contributed by atoms with Gasteiger partial charge in [-0.1, -0.05) is 45.9 Å². The summed E-state index contributed by atoms with van der Waals surface area (Å²) in [6.07, 6.45) is 2.83. The van der Waals surface area contributed by atoms with Crippen LogP contribution in [0.15, 0.2) is 46.4 Å². The van der Waals surface area contributed by atoms with Gasteiger partial charge in [-0.2, -0.15) is 0 Å². The normalized spacial score (nSPS) is 23.6. The first-order valence-electron chi connectivity index (χ1n) is 19.8. The predicted octanol–water partition coefficient (Wildman–Crippen LogP) is 4.21. The van der Waals surface area contributed by atoms with E-state index in [-0.39, 0.29) is 47.8 Å². The van der Waals surface area contributed by atoms with Crippen molar-refractivity contribution in [3.05, 3.63) is 58.7 Å². The maximum atomic E-state index is 13.6. The second kappa shape index (κ2) is 16.4. The van der Waals surface area contributed by atoms with Crippen LogP contribution in [-0.2, 0) is 25.5 Å². The number of nitrogens with one attached hydrogen (secondary N) is 4. The Hall–Kier alpha value is -5.34. The summed E-state index contributed by atoms with van der Waals surface area (Å²) >= 11 is 0. The summed E-state index contributed by atoms with van der Waals surface area (Å²) < 4.78 is 16.0. The van der Waals surface area contributed by atoms with E-state index in [9.17, 15) is 19.2 Å². The molecule has 2 aromatic carbocycles. The van der Waals surface area contributed by atoms with Gasteiger partial charge in [0.05, 0.1) is 51.5 Å². The number of likely N-dealkylation sites (tertiary alicyclic amines) is 2. The minimum atomic E-state index is -0.681. The van der Waals surface area contributed by atoms with Crippen LogP contribution in [0.2, 0.25) is 0 Å². The molecule has 2 aromatic rings. The molecule has 0 aliphatic carbocycles. The van der Waals surface area contributed by atoms with Gasteiger partial charge in [-0.25, -0.2) is 9.59 Å². The van der Waals surface area contributed by atoms with Gasteiger partial charge in [0.25, 0.3) is 0 Å². The number of amidine groups is 2. The molecule has 7 rings (SSSR count). The summed E-state index contributed by atoms with van der Waals surface area (Å²) in [5, 5.41) is 12.6. The number of carbonyl (C=O) groups excluding carboxylic acids is 4. The lowest BCUT2D eigenvalue weighted by Gasteiger charge is -2.31. The first-order chi connectivity index (χ1) is 26.9. The van der Waals surface area contributed by atoms with Crippen LogP contribution in [0.25, 0.3) is 0 Å². The lowest BCUT2D eigenvalue weighted by atomic mass is 9.94. The van der Waals surface area contributed by atoms with Gasteiger partial charge >= 0.3 is 12.2 Å². The third kappa shape index (κ3) is 7.85. The van der Waals surface area contributed by atoms with E-state index >= 15 is 0 Å². The second-order valence-electron chi connectivity index (χ2n) is 16.0. The molecule has 15 heteroatoms. The fraction of sp³-hybridized carbons (Fsp3) is 0.561. The fourth-order valence-electron chi connectivity index (χ4n) is 8.49. The number of fused-ring (bicyclic) bond motifs is 2. The molecule has 2 fully saturated rings. The smallest absolute Gasteiger partial charge is 0.407 e. The summed E-state index contributed by atoms with van der Waals surface area (Å²) in [7, 11) is 2.59. The highest BCUT2D eigenvalue weighted by molar-refractivity contribution is 5.96. The average molecular weight is 771 g/mol. The molecule has 0 bridgehead atoms. The minimum absolute atomic E-state index is 0.0280. The van der Waals surface area contributed by atoms with Crippen LogP contribution in [-0.4, -0.2) is 110 Å². The zero-order chi connectivity index (χ0) is 39.7. The Bertz CT molecular complexity index is 1780. The number of hydrogen-bond acceptors (Lipinski definition) is 11. The van der Waals surface area contributed by atoms with E-state index in [1.165, 1.54) is 14.2 Å². The monoisotopic (exact) mass is 770 g/mol. The summed E-state index contributed by atoms with van der Waals surface area (Å²) in [5.41, 5.74) is 4.36. The Morgan fingerprint density at radius 2 is 1.21 bits per heavy atom. The molecule has 4 amide bonds. The molecular weight excluding hydrogens is 716 g/mol. The number of hydrogen-bond donors (Lipinski definition) is 4. The molecule has 2 unspecified atom stereocenters. The number of carbonyl (C=O) groups is 4. The van der Waals surface area contributed by atoms with Gasteiger partial charge in [-0.05, 0) is 78.0 Å². The lowest BCUT2D eigenvalue weighted by Crippen LogP contribution is -2.54. The van der Waals surface area contributed by atoms with Crippen LogP contribution in [0, 0.1) is 11.8 Å². The van der Waals surface area contributed by atoms with E-state index in [2.05, 4.69) is 51.6 Å². The molecular formula is C41H54N8O7. The van der Waals surface area contributed by atoms with Gasteiger partial charge in [-0.15, -0.1) is 0 Å². The Kier molecular flexibility index (Phi) is 11.4.